The van der Waals surface area contributed by atoms with E-state index < -0.39 is 11.9 Å². The van der Waals surface area contributed by atoms with Crippen molar-refractivity contribution in [3.63, 3.8) is 0 Å². The molecule has 0 radical (unpaired) electrons. The van der Waals surface area contributed by atoms with Crippen molar-refractivity contribution in [2.24, 2.45) is 0 Å². The Labute approximate surface area is 111 Å². The normalized spacial score (nSPS) is 20.6. The molecule has 0 bridgehead atoms. The SMILES string of the molecule is N#CC(NCC1CCCO1)c1ccc(F)cc1Cl. The predicted molar refractivity (Wildman–Crippen MR) is 66.7 cm³/mol. The molecule has 2 rings (SSSR count). The van der Waals surface area contributed by atoms with E-state index in [0.717, 1.165) is 19.4 Å². The van der Waals surface area contributed by atoms with Crippen molar-refractivity contribution in [1.82, 2.24) is 5.32 Å². The lowest BCUT2D eigenvalue weighted by atomic mass is 10.1. The fourth-order valence-electron chi connectivity index (χ4n) is 2.02. The van der Waals surface area contributed by atoms with Crippen LogP contribution in [0, 0.1) is 17.1 Å². The second-order valence-electron chi connectivity index (χ2n) is 4.27. The van der Waals surface area contributed by atoms with Gasteiger partial charge in [-0.3, -0.25) is 5.32 Å². The molecular formula is C13H14ClFN2O. The Bertz CT molecular complexity index is 455. The van der Waals surface area contributed by atoms with Gasteiger partial charge in [-0.05, 0) is 25.0 Å². The van der Waals surface area contributed by atoms with Crippen LogP contribution in [0.4, 0.5) is 4.39 Å². The number of halogens is 2. The lowest BCUT2D eigenvalue weighted by molar-refractivity contribution is 0.109. The Morgan fingerprint density at radius 3 is 3.06 bits per heavy atom. The molecule has 1 fully saturated rings. The summed E-state index contributed by atoms with van der Waals surface area (Å²) in [7, 11) is 0. The fraction of sp³-hybridized carbons (Fsp3) is 0.462. The first kappa shape index (κ1) is 13.3. The summed E-state index contributed by atoms with van der Waals surface area (Å²) in [6.45, 7) is 1.38. The van der Waals surface area contributed by atoms with Gasteiger partial charge in [-0.2, -0.15) is 5.26 Å². The van der Waals surface area contributed by atoms with E-state index in [1.54, 1.807) is 0 Å². The number of hydrogen-bond acceptors (Lipinski definition) is 3. The van der Waals surface area contributed by atoms with Crippen molar-refractivity contribution in [2.75, 3.05) is 13.2 Å². The zero-order valence-electron chi connectivity index (χ0n) is 9.83. The van der Waals surface area contributed by atoms with Crippen LogP contribution in [-0.4, -0.2) is 19.3 Å². The Hall–Kier alpha value is -1.15. The molecule has 0 aromatic heterocycles. The zero-order chi connectivity index (χ0) is 13.0. The average Bonchev–Trinajstić information content (AvgIpc) is 2.85. The Morgan fingerprint density at radius 2 is 2.44 bits per heavy atom. The van der Waals surface area contributed by atoms with Gasteiger partial charge in [0, 0.05) is 23.7 Å². The van der Waals surface area contributed by atoms with Crippen molar-refractivity contribution in [2.45, 2.75) is 25.0 Å². The first-order valence-electron chi connectivity index (χ1n) is 5.90. The quantitative estimate of drug-likeness (QED) is 0.913. The van der Waals surface area contributed by atoms with Gasteiger partial charge in [0.15, 0.2) is 0 Å². The van der Waals surface area contributed by atoms with Crippen LogP contribution < -0.4 is 5.32 Å². The first-order valence-corrected chi connectivity index (χ1v) is 6.28. The molecule has 3 nitrogen and oxygen atoms in total. The number of ether oxygens (including phenoxy) is 1. The van der Waals surface area contributed by atoms with E-state index in [9.17, 15) is 4.39 Å². The number of nitrogens with zero attached hydrogens (tertiary/aromatic N) is 1. The summed E-state index contributed by atoms with van der Waals surface area (Å²) in [5.74, 6) is -0.403. The zero-order valence-corrected chi connectivity index (χ0v) is 10.6. The van der Waals surface area contributed by atoms with Gasteiger partial charge in [0.1, 0.15) is 11.9 Å². The molecule has 96 valence electrons. The highest BCUT2D eigenvalue weighted by atomic mass is 35.5. The third-order valence-corrected chi connectivity index (χ3v) is 3.30. The minimum atomic E-state index is -0.540. The van der Waals surface area contributed by atoms with Crippen LogP contribution in [-0.2, 0) is 4.74 Å². The maximum Gasteiger partial charge on any atom is 0.124 e. The van der Waals surface area contributed by atoms with Gasteiger partial charge in [-0.1, -0.05) is 17.7 Å². The van der Waals surface area contributed by atoms with Crippen molar-refractivity contribution in [3.8, 4) is 6.07 Å². The van der Waals surface area contributed by atoms with Gasteiger partial charge in [-0.25, -0.2) is 4.39 Å². The van der Waals surface area contributed by atoms with Gasteiger partial charge < -0.3 is 4.74 Å². The van der Waals surface area contributed by atoms with Crippen LogP contribution in [0.15, 0.2) is 18.2 Å². The highest BCUT2D eigenvalue weighted by Gasteiger charge is 2.19. The molecule has 18 heavy (non-hydrogen) atoms. The minimum Gasteiger partial charge on any atom is -0.377 e. The molecule has 0 amide bonds. The summed E-state index contributed by atoms with van der Waals surface area (Å²) in [6.07, 6.45) is 2.21. The lowest BCUT2D eigenvalue weighted by Gasteiger charge is -2.16. The van der Waals surface area contributed by atoms with E-state index in [1.807, 2.05) is 0 Å². The Balaban J connectivity index is 2.01. The van der Waals surface area contributed by atoms with Crippen LogP contribution in [0.2, 0.25) is 5.02 Å². The summed E-state index contributed by atoms with van der Waals surface area (Å²) >= 11 is 5.94. The van der Waals surface area contributed by atoms with Crippen molar-refractivity contribution in [1.29, 1.82) is 5.26 Å². The minimum absolute atomic E-state index is 0.153. The van der Waals surface area contributed by atoms with Crippen LogP contribution in [0.1, 0.15) is 24.4 Å². The molecule has 1 aromatic rings. The molecule has 1 aromatic carbocycles. The Kier molecular flexibility index (Phi) is 4.54. The number of benzene rings is 1. The summed E-state index contributed by atoms with van der Waals surface area (Å²) in [5, 5.41) is 12.5. The molecule has 1 heterocycles. The third-order valence-electron chi connectivity index (χ3n) is 2.98. The van der Waals surface area contributed by atoms with E-state index in [2.05, 4.69) is 11.4 Å². The largest absolute Gasteiger partial charge is 0.377 e. The van der Waals surface area contributed by atoms with E-state index >= 15 is 0 Å². The van der Waals surface area contributed by atoms with Crippen molar-refractivity contribution in [3.05, 3.63) is 34.6 Å². The second-order valence-corrected chi connectivity index (χ2v) is 4.68. The van der Waals surface area contributed by atoms with Crippen LogP contribution in [0.25, 0.3) is 0 Å². The highest BCUT2D eigenvalue weighted by Crippen LogP contribution is 2.24. The maximum atomic E-state index is 12.9. The molecule has 1 aliphatic heterocycles. The summed E-state index contributed by atoms with van der Waals surface area (Å²) in [6, 6.07) is 5.65. The smallest absolute Gasteiger partial charge is 0.124 e. The molecule has 2 unspecified atom stereocenters. The van der Waals surface area contributed by atoms with Crippen LogP contribution >= 0.6 is 11.6 Å². The number of nitriles is 1. The van der Waals surface area contributed by atoms with E-state index in [4.69, 9.17) is 21.6 Å². The molecule has 1 saturated heterocycles. The van der Waals surface area contributed by atoms with Crippen LogP contribution in [0.5, 0.6) is 0 Å². The van der Waals surface area contributed by atoms with Gasteiger partial charge in [0.25, 0.3) is 0 Å². The average molecular weight is 269 g/mol. The first-order chi connectivity index (χ1) is 8.70. The van der Waals surface area contributed by atoms with E-state index in [-0.39, 0.29) is 11.1 Å². The number of hydrogen-bond donors (Lipinski definition) is 1. The molecule has 5 heteroatoms. The third kappa shape index (κ3) is 3.20. The van der Waals surface area contributed by atoms with Gasteiger partial charge in [0.2, 0.25) is 0 Å². The molecular weight excluding hydrogens is 255 g/mol. The summed E-state index contributed by atoms with van der Waals surface area (Å²) in [4.78, 5) is 0. The molecule has 0 aliphatic carbocycles. The van der Waals surface area contributed by atoms with E-state index in [0.29, 0.717) is 12.1 Å². The summed E-state index contributed by atoms with van der Waals surface area (Å²) in [5.41, 5.74) is 0.596. The van der Waals surface area contributed by atoms with Gasteiger partial charge >= 0.3 is 0 Å². The van der Waals surface area contributed by atoms with Crippen molar-refractivity contribution < 1.29 is 9.13 Å². The Morgan fingerprint density at radius 1 is 1.61 bits per heavy atom. The predicted octanol–water partition coefficient (Wildman–Crippen LogP) is 2.81. The standard InChI is InChI=1S/C13H14ClFN2O/c14-12-6-9(15)3-4-11(12)13(7-16)17-8-10-2-1-5-18-10/h3-4,6,10,13,17H,1-2,5,8H2. The molecule has 2 atom stereocenters. The van der Waals surface area contributed by atoms with Crippen molar-refractivity contribution >= 4 is 11.6 Å². The monoisotopic (exact) mass is 268 g/mol. The number of nitrogens with one attached hydrogen (secondary N) is 1. The maximum absolute atomic E-state index is 12.9. The molecule has 1 N–H and O–H groups in total. The topological polar surface area (TPSA) is 45.0 Å². The number of rotatable bonds is 4. The molecule has 0 saturated carbocycles. The van der Waals surface area contributed by atoms with Crippen LogP contribution in [0.3, 0.4) is 0 Å². The fourth-order valence-corrected chi connectivity index (χ4v) is 2.29. The summed E-state index contributed by atoms with van der Waals surface area (Å²) < 4.78 is 18.4. The second kappa shape index (κ2) is 6.14. The highest BCUT2D eigenvalue weighted by molar-refractivity contribution is 6.31. The molecule has 0 spiro atoms. The lowest BCUT2D eigenvalue weighted by Crippen LogP contribution is -2.29. The van der Waals surface area contributed by atoms with Gasteiger partial charge in [0.05, 0.1) is 12.2 Å². The van der Waals surface area contributed by atoms with E-state index in [1.165, 1.54) is 18.2 Å². The molecule has 1 aliphatic rings. The van der Waals surface area contributed by atoms with Gasteiger partial charge in [-0.15, -0.1) is 0 Å².